The molecule has 0 spiro atoms. The van der Waals surface area contributed by atoms with Crippen LogP contribution in [0.4, 0.5) is 5.69 Å². The number of hydrogen-bond donors (Lipinski definition) is 1. The highest BCUT2D eigenvalue weighted by Gasteiger charge is 2.08. The molecule has 0 radical (unpaired) electrons. The fourth-order valence-electron chi connectivity index (χ4n) is 2.80. The number of carbonyl (C=O) groups excluding carboxylic acids is 1. The topological polar surface area (TPSA) is 67.8 Å². The minimum atomic E-state index is -0.00609. The smallest absolute Gasteiger partial charge is 0.224 e. The van der Waals surface area contributed by atoms with Crippen LogP contribution in [0, 0.1) is 0 Å². The van der Waals surface area contributed by atoms with Gasteiger partial charge in [0.05, 0.1) is 27.8 Å². The lowest BCUT2D eigenvalue weighted by Crippen LogP contribution is -2.11. The van der Waals surface area contributed by atoms with Gasteiger partial charge in [-0.25, -0.2) is 4.98 Å². The van der Waals surface area contributed by atoms with E-state index in [0.717, 1.165) is 39.3 Å². The molecule has 3 heterocycles. The van der Waals surface area contributed by atoms with Crippen molar-refractivity contribution in [2.24, 2.45) is 0 Å². The molecule has 1 N–H and O–H groups in total. The Labute approximate surface area is 161 Å². The monoisotopic (exact) mass is 374 g/mol. The van der Waals surface area contributed by atoms with E-state index in [1.807, 2.05) is 48.7 Å². The van der Waals surface area contributed by atoms with Crippen LogP contribution in [0.25, 0.3) is 20.9 Å². The van der Waals surface area contributed by atoms with Crippen LogP contribution >= 0.6 is 11.3 Å². The Hall–Kier alpha value is -3.12. The van der Waals surface area contributed by atoms with Gasteiger partial charge in [0.2, 0.25) is 5.91 Å². The Balaban J connectivity index is 1.34. The molecule has 0 fully saturated rings. The highest BCUT2D eigenvalue weighted by Crippen LogP contribution is 2.29. The molecule has 1 aromatic carbocycles. The van der Waals surface area contributed by atoms with Crippen molar-refractivity contribution in [2.45, 2.75) is 19.3 Å². The summed E-state index contributed by atoms with van der Waals surface area (Å²) in [6, 6.07) is 15.7. The Morgan fingerprint density at radius 3 is 2.74 bits per heavy atom. The molecule has 4 aromatic rings. The fourth-order valence-corrected chi connectivity index (χ4v) is 3.74. The van der Waals surface area contributed by atoms with Crippen LogP contribution in [-0.2, 0) is 11.2 Å². The van der Waals surface area contributed by atoms with Gasteiger partial charge in [-0.05, 0) is 48.7 Å². The number of para-hydroxylation sites is 1. The lowest BCUT2D eigenvalue weighted by Gasteiger charge is -2.05. The molecule has 0 atom stereocenters. The zero-order valence-corrected chi connectivity index (χ0v) is 15.4. The van der Waals surface area contributed by atoms with Gasteiger partial charge in [0.1, 0.15) is 5.01 Å². The molecule has 0 aliphatic carbocycles. The molecule has 5 nitrogen and oxygen atoms in total. The van der Waals surface area contributed by atoms with E-state index >= 15 is 0 Å². The summed E-state index contributed by atoms with van der Waals surface area (Å²) < 4.78 is 1.14. The second kappa shape index (κ2) is 8.05. The molecule has 1 amide bonds. The first-order valence-corrected chi connectivity index (χ1v) is 9.60. The average Bonchev–Trinajstić information content (AvgIpc) is 3.13. The summed E-state index contributed by atoms with van der Waals surface area (Å²) in [6.07, 6.45) is 7.36. The molecular formula is C21H18N4OS. The third-order valence-electron chi connectivity index (χ3n) is 4.15. The number of anilines is 1. The number of rotatable bonds is 6. The number of thiazole rings is 1. The first-order valence-electron chi connectivity index (χ1n) is 8.79. The molecule has 0 aliphatic rings. The van der Waals surface area contributed by atoms with E-state index in [2.05, 4.69) is 26.3 Å². The first-order chi connectivity index (χ1) is 13.3. The second-order valence-corrected chi connectivity index (χ2v) is 7.21. The molecule has 27 heavy (non-hydrogen) atoms. The number of nitrogens with zero attached hydrogens (tertiary/aromatic N) is 3. The van der Waals surface area contributed by atoms with Crippen LogP contribution in [0.3, 0.4) is 0 Å². The van der Waals surface area contributed by atoms with E-state index in [4.69, 9.17) is 0 Å². The average molecular weight is 374 g/mol. The van der Waals surface area contributed by atoms with Crippen molar-refractivity contribution in [1.82, 2.24) is 15.0 Å². The molecule has 0 saturated carbocycles. The zero-order valence-electron chi connectivity index (χ0n) is 14.6. The fraction of sp³-hybridized carbons (Fsp3) is 0.143. The van der Waals surface area contributed by atoms with Crippen LogP contribution in [0.15, 0.2) is 67.1 Å². The number of benzene rings is 1. The highest BCUT2D eigenvalue weighted by molar-refractivity contribution is 7.21. The van der Waals surface area contributed by atoms with Crippen molar-refractivity contribution in [3.63, 3.8) is 0 Å². The number of aromatic nitrogens is 3. The maximum absolute atomic E-state index is 12.1. The molecule has 3 aromatic heterocycles. The van der Waals surface area contributed by atoms with E-state index in [1.54, 1.807) is 23.7 Å². The molecule has 134 valence electrons. The molecule has 0 saturated heterocycles. The summed E-state index contributed by atoms with van der Waals surface area (Å²) in [5.41, 5.74) is 3.63. The third-order valence-corrected chi connectivity index (χ3v) is 5.21. The van der Waals surface area contributed by atoms with E-state index < -0.39 is 0 Å². The van der Waals surface area contributed by atoms with Crippen molar-refractivity contribution < 1.29 is 4.79 Å². The quantitative estimate of drug-likeness (QED) is 0.530. The number of fused-ring (bicyclic) bond motifs is 1. The Kier molecular flexibility index (Phi) is 5.16. The maximum Gasteiger partial charge on any atom is 0.224 e. The van der Waals surface area contributed by atoms with Gasteiger partial charge in [-0.2, -0.15) is 0 Å². The van der Waals surface area contributed by atoms with Crippen molar-refractivity contribution in [3.05, 3.63) is 72.7 Å². The Morgan fingerprint density at radius 2 is 1.96 bits per heavy atom. The number of nitrogens with one attached hydrogen (secondary N) is 1. The normalized spacial score (nSPS) is 10.8. The summed E-state index contributed by atoms with van der Waals surface area (Å²) >= 11 is 1.61. The van der Waals surface area contributed by atoms with Crippen molar-refractivity contribution in [3.8, 4) is 10.7 Å². The first kappa shape index (κ1) is 17.3. The van der Waals surface area contributed by atoms with Crippen molar-refractivity contribution in [1.29, 1.82) is 0 Å². The van der Waals surface area contributed by atoms with E-state index in [0.29, 0.717) is 12.1 Å². The molecule has 6 heteroatoms. The minimum Gasteiger partial charge on any atom is -0.325 e. The highest BCUT2D eigenvalue weighted by atomic mass is 32.1. The summed E-state index contributed by atoms with van der Waals surface area (Å²) in [5.74, 6) is -0.00609. The second-order valence-electron chi connectivity index (χ2n) is 6.18. The number of amides is 1. The Bertz CT molecular complexity index is 1010. The molecule has 0 unspecified atom stereocenters. The van der Waals surface area contributed by atoms with Gasteiger partial charge in [0.25, 0.3) is 0 Å². The largest absolute Gasteiger partial charge is 0.325 e. The Morgan fingerprint density at radius 1 is 1.04 bits per heavy atom. The number of hydrogen-bond acceptors (Lipinski definition) is 5. The van der Waals surface area contributed by atoms with Gasteiger partial charge in [-0.1, -0.05) is 18.2 Å². The van der Waals surface area contributed by atoms with E-state index in [-0.39, 0.29) is 5.91 Å². The van der Waals surface area contributed by atoms with Crippen LogP contribution in [-0.4, -0.2) is 20.9 Å². The van der Waals surface area contributed by atoms with Gasteiger partial charge >= 0.3 is 0 Å². The summed E-state index contributed by atoms with van der Waals surface area (Å²) in [5, 5.41) is 3.78. The predicted octanol–water partition coefficient (Wildman–Crippen LogP) is 4.71. The lowest BCUT2D eigenvalue weighted by molar-refractivity contribution is -0.116. The molecule has 0 bridgehead atoms. The van der Waals surface area contributed by atoms with E-state index in [9.17, 15) is 4.79 Å². The van der Waals surface area contributed by atoms with Gasteiger partial charge < -0.3 is 5.32 Å². The predicted molar refractivity (Wildman–Crippen MR) is 109 cm³/mol. The molecule has 4 rings (SSSR count). The summed E-state index contributed by atoms with van der Waals surface area (Å²) in [7, 11) is 0. The van der Waals surface area contributed by atoms with Gasteiger partial charge in [0, 0.05) is 18.8 Å². The molecular weight excluding hydrogens is 356 g/mol. The number of aryl methyl sites for hydroxylation is 1. The van der Waals surface area contributed by atoms with Gasteiger partial charge in [0.15, 0.2) is 0 Å². The summed E-state index contributed by atoms with van der Waals surface area (Å²) in [6.45, 7) is 0. The van der Waals surface area contributed by atoms with Crippen LogP contribution in [0.1, 0.15) is 18.4 Å². The zero-order chi connectivity index (χ0) is 18.5. The van der Waals surface area contributed by atoms with Crippen molar-refractivity contribution in [2.75, 3.05) is 5.32 Å². The minimum absolute atomic E-state index is 0.00609. The summed E-state index contributed by atoms with van der Waals surface area (Å²) in [4.78, 5) is 25.3. The van der Waals surface area contributed by atoms with E-state index in [1.165, 1.54) is 0 Å². The number of carbonyl (C=O) groups is 1. The van der Waals surface area contributed by atoms with Gasteiger partial charge in [-0.3, -0.25) is 14.8 Å². The third kappa shape index (κ3) is 4.35. The van der Waals surface area contributed by atoms with Crippen molar-refractivity contribution >= 4 is 33.1 Å². The standard InChI is InChI=1S/C21H18N4OS/c26-20(9-3-5-15-6-4-12-22-13-15)24-16-10-11-18(23-14-16)21-25-17-7-1-2-8-19(17)27-21/h1-2,4,6-8,10-14H,3,5,9H2,(H,24,26). The van der Waals surface area contributed by atoms with Crippen LogP contribution in [0.2, 0.25) is 0 Å². The van der Waals surface area contributed by atoms with Crippen LogP contribution < -0.4 is 5.32 Å². The number of pyridine rings is 2. The van der Waals surface area contributed by atoms with Gasteiger partial charge in [-0.15, -0.1) is 11.3 Å². The molecule has 0 aliphatic heterocycles. The SMILES string of the molecule is O=C(CCCc1cccnc1)Nc1ccc(-c2nc3ccccc3s2)nc1. The lowest BCUT2D eigenvalue weighted by atomic mass is 10.1. The van der Waals surface area contributed by atoms with Crippen LogP contribution in [0.5, 0.6) is 0 Å². The maximum atomic E-state index is 12.1.